The molecule has 5 nitrogen and oxygen atoms in total. The van der Waals surface area contributed by atoms with Gasteiger partial charge in [0, 0.05) is 51.4 Å². The van der Waals surface area contributed by atoms with Crippen LogP contribution >= 0.6 is 11.6 Å². The predicted molar refractivity (Wildman–Crippen MR) is 83.5 cm³/mol. The molecule has 0 saturated carbocycles. The van der Waals surface area contributed by atoms with Gasteiger partial charge < -0.3 is 4.42 Å². The molecule has 0 radical (unpaired) electrons. The average molecular weight is 319 g/mol. The van der Waals surface area contributed by atoms with Crippen molar-refractivity contribution in [1.29, 1.82) is 0 Å². The normalized spacial score (nSPS) is 25.2. The molecule has 0 spiro atoms. The van der Waals surface area contributed by atoms with Crippen LogP contribution in [-0.4, -0.2) is 44.9 Å². The standard InChI is InChI=1S/C16H19ClN4O/c1-11-19-13(10-22-11)7-21-9-14-4-15(21)8-20(14)6-12-2-3-16(17)18-5-12/h2-3,5,10,14-15H,4,6-9H2,1H3. The molecule has 0 amide bonds. The van der Waals surface area contributed by atoms with E-state index in [0.717, 1.165) is 37.8 Å². The Morgan fingerprint density at radius 1 is 1.23 bits per heavy atom. The third-order valence-corrected chi connectivity index (χ3v) is 4.90. The number of nitrogens with zero attached hydrogens (tertiary/aromatic N) is 4. The van der Waals surface area contributed by atoms with Crippen LogP contribution in [0.1, 0.15) is 23.6 Å². The quantitative estimate of drug-likeness (QED) is 0.810. The summed E-state index contributed by atoms with van der Waals surface area (Å²) in [5.41, 5.74) is 2.27. The molecule has 0 N–H and O–H groups in total. The number of rotatable bonds is 4. The van der Waals surface area contributed by atoms with Crippen molar-refractivity contribution in [3.8, 4) is 0 Å². The number of likely N-dealkylation sites (tertiary alicyclic amines) is 2. The van der Waals surface area contributed by atoms with Crippen molar-refractivity contribution in [2.45, 2.75) is 38.5 Å². The van der Waals surface area contributed by atoms with Crippen molar-refractivity contribution in [2.24, 2.45) is 0 Å². The van der Waals surface area contributed by atoms with Crippen molar-refractivity contribution >= 4 is 11.6 Å². The van der Waals surface area contributed by atoms with E-state index in [-0.39, 0.29) is 0 Å². The van der Waals surface area contributed by atoms with Crippen molar-refractivity contribution in [1.82, 2.24) is 19.8 Å². The second-order valence-electron chi connectivity index (χ2n) is 6.25. The van der Waals surface area contributed by atoms with Crippen LogP contribution in [-0.2, 0) is 13.1 Å². The Bertz CT molecular complexity index is 656. The summed E-state index contributed by atoms with van der Waals surface area (Å²) in [7, 11) is 0. The van der Waals surface area contributed by atoms with Crippen LogP contribution in [0.4, 0.5) is 0 Å². The van der Waals surface area contributed by atoms with Crippen molar-refractivity contribution in [3.05, 3.63) is 46.9 Å². The maximum atomic E-state index is 5.84. The molecule has 2 aliphatic heterocycles. The van der Waals surface area contributed by atoms with E-state index < -0.39 is 0 Å². The molecule has 2 atom stereocenters. The Labute approximate surface area is 134 Å². The number of aromatic nitrogens is 2. The number of hydrogen-bond donors (Lipinski definition) is 0. The fraction of sp³-hybridized carbons (Fsp3) is 0.500. The van der Waals surface area contributed by atoms with Gasteiger partial charge in [-0.25, -0.2) is 9.97 Å². The fourth-order valence-corrected chi connectivity index (χ4v) is 3.75. The number of oxazole rings is 1. The fourth-order valence-electron chi connectivity index (χ4n) is 3.64. The molecule has 2 aromatic heterocycles. The monoisotopic (exact) mass is 318 g/mol. The molecule has 2 aromatic rings. The predicted octanol–water partition coefficient (Wildman–Crippen LogP) is 2.49. The molecule has 2 unspecified atom stereocenters. The summed E-state index contributed by atoms with van der Waals surface area (Å²) in [6.45, 7) is 5.97. The van der Waals surface area contributed by atoms with Crippen LogP contribution in [0.15, 0.2) is 29.0 Å². The van der Waals surface area contributed by atoms with E-state index in [9.17, 15) is 0 Å². The molecule has 0 aliphatic carbocycles. The highest BCUT2D eigenvalue weighted by Gasteiger charge is 2.42. The summed E-state index contributed by atoms with van der Waals surface area (Å²) in [5.74, 6) is 0.747. The smallest absolute Gasteiger partial charge is 0.191 e. The number of hydrogen-bond acceptors (Lipinski definition) is 5. The van der Waals surface area contributed by atoms with Gasteiger partial charge in [0.15, 0.2) is 5.89 Å². The number of halogens is 1. The molecular weight excluding hydrogens is 300 g/mol. The number of aryl methyl sites for hydroxylation is 1. The topological polar surface area (TPSA) is 45.4 Å². The maximum Gasteiger partial charge on any atom is 0.191 e. The summed E-state index contributed by atoms with van der Waals surface area (Å²) in [5, 5.41) is 0.556. The minimum absolute atomic E-state index is 0.556. The van der Waals surface area contributed by atoms with Crippen LogP contribution in [0.25, 0.3) is 0 Å². The second-order valence-corrected chi connectivity index (χ2v) is 6.64. The van der Waals surface area contributed by atoms with E-state index in [4.69, 9.17) is 16.0 Å². The van der Waals surface area contributed by atoms with E-state index in [2.05, 4.69) is 25.8 Å². The Morgan fingerprint density at radius 3 is 2.59 bits per heavy atom. The lowest BCUT2D eigenvalue weighted by atomic mass is 10.2. The molecular formula is C16H19ClN4O. The van der Waals surface area contributed by atoms with Crippen LogP contribution < -0.4 is 0 Å². The van der Waals surface area contributed by atoms with E-state index in [1.807, 2.05) is 19.2 Å². The van der Waals surface area contributed by atoms with Gasteiger partial charge in [-0.2, -0.15) is 0 Å². The van der Waals surface area contributed by atoms with Gasteiger partial charge in [0.05, 0.1) is 5.69 Å². The van der Waals surface area contributed by atoms with Gasteiger partial charge in [0.1, 0.15) is 11.4 Å². The third-order valence-electron chi connectivity index (χ3n) is 4.67. The Balaban J connectivity index is 1.36. The minimum atomic E-state index is 0.556. The highest BCUT2D eigenvalue weighted by Crippen LogP contribution is 2.32. The molecule has 2 saturated heterocycles. The third kappa shape index (κ3) is 2.76. The summed E-state index contributed by atoms with van der Waals surface area (Å²) in [6.07, 6.45) is 4.90. The SMILES string of the molecule is Cc1nc(CN2CC3CC2CN3Cc2ccc(Cl)nc2)co1. The van der Waals surface area contributed by atoms with Gasteiger partial charge in [-0.15, -0.1) is 0 Å². The molecule has 4 heterocycles. The first-order valence-corrected chi connectivity index (χ1v) is 8.05. The van der Waals surface area contributed by atoms with Crippen LogP contribution in [0.5, 0.6) is 0 Å². The summed E-state index contributed by atoms with van der Waals surface area (Å²) in [4.78, 5) is 13.7. The first-order chi connectivity index (χ1) is 10.7. The van der Waals surface area contributed by atoms with Crippen molar-refractivity contribution < 1.29 is 4.42 Å². The Hall–Kier alpha value is -1.43. The van der Waals surface area contributed by atoms with Crippen molar-refractivity contribution in [2.75, 3.05) is 13.1 Å². The van der Waals surface area contributed by atoms with Gasteiger partial charge in [0.25, 0.3) is 0 Å². The Kier molecular flexibility index (Phi) is 3.64. The number of piperazine rings is 1. The van der Waals surface area contributed by atoms with Gasteiger partial charge in [-0.05, 0) is 18.1 Å². The van der Waals surface area contributed by atoms with Gasteiger partial charge in [0.2, 0.25) is 0 Å². The highest BCUT2D eigenvalue weighted by molar-refractivity contribution is 6.29. The largest absolute Gasteiger partial charge is 0.449 e. The molecule has 2 bridgehead atoms. The zero-order chi connectivity index (χ0) is 15.1. The first-order valence-electron chi connectivity index (χ1n) is 7.67. The number of pyridine rings is 1. The molecule has 0 aromatic carbocycles. The molecule has 22 heavy (non-hydrogen) atoms. The lowest BCUT2D eigenvalue weighted by Crippen LogP contribution is -2.45. The molecule has 2 fully saturated rings. The highest BCUT2D eigenvalue weighted by atomic mass is 35.5. The minimum Gasteiger partial charge on any atom is -0.449 e. The van der Waals surface area contributed by atoms with Crippen LogP contribution in [0, 0.1) is 6.92 Å². The number of fused-ring (bicyclic) bond motifs is 2. The summed E-state index contributed by atoms with van der Waals surface area (Å²) >= 11 is 5.84. The lowest BCUT2D eigenvalue weighted by Gasteiger charge is -2.33. The van der Waals surface area contributed by atoms with E-state index in [0.29, 0.717) is 17.2 Å². The molecule has 2 aliphatic rings. The summed E-state index contributed by atoms with van der Waals surface area (Å²) in [6, 6.07) is 5.19. The second kappa shape index (κ2) is 5.65. The zero-order valence-corrected chi connectivity index (χ0v) is 13.3. The zero-order valence-electron chi connectivity index (χ0n) is 12.6. The van der Waals surface area contributed by atoms with Gasteiger partial charge in [-0.1, -0.05) is 17.7 Å². The molecule has 6 heteroatoms. The first kappa shape index (κ1) is 14.2. The lowest BCUT2D eigenvalue weighted by molar-refractivity contribution is 0.117. The van der Waals surface area contributed by atoms with E-state index in [1.165, 1.54) is 12.0 Å². The summed E-state index contributed by atoms with van der Waals surface area (Å²) < 4.78 is 5.30. The van der Waals surface area contributed by atoms with Gasteiger partial charge in [-0.3, -0.25) is 9.80 Å². The maximum absolute atomic E-state index is 5.84. The molecule has 4 rings (SSSR count). The van der Waals surface area contributed by atoms with Gasteiger partial charge >= 0.3 is 0 Å². The van der Waals surface area contributed by atoms with Crippen molar-refractivity contribution in [3.63, 3.8) is 0 Å². The van der Waals surface area contributed by atoms with Crippen LogP contribution in [0.2, 0.25) is 5.15 Å². The molecule has 116 valence electrons. The average Bonchev–Trinajstić information content (AvgIpc) is 3.18. The van der Waals surface area contributed by atoms with E-state index >= 15 is 0 Å². The Morgan fingerprint density at radius 2 is 2.00 bits per heavy atom. The van der Waals surface area contributed by atoms with E-state index in [1.54, 1.807) is 6.26 Å². The van der Waals surface area contributed by atoms with Crippen LogP contribution in [0.3, 0.4) is 0 Å².